The Labute approximate surface area is 169 Å². The summed E-state index contributed by atoms with van der Waals surface area (Å²) in [4.78, 5) is 15.8. The molecule has 28 heavy (non-hydrogen) atoms. The molecule has 0 saturated carbocycles. The highest BCUT2D eigenvalue weighted by atomic mass is 32.1. The maximum absolute atomic E-state index is 12.7. The van der Waals surface area contributed by atoms with Gasteiger partial charge in [-0.2, -0.15) is 5.26 Å². The van der Waals surface area contributed by atoms with Crippen molar-refractivity contribution in [3.63, 3.8) is 0 Å². The Hall–Kier alpha value is -2.88. The summed E-state index contributed by atoms with van der Waals surface area (Å²) in [6, 6.07) is 16.4. The number of carbonyl (C=O) groups excluding carboxylic acids is 1. The van der Waals surface area contributed by atoms with Gasteiger partial charge in [0.15, 0.2) is 0 Å². The maximum atomic E-state index is 12.7. The molecule has 1 N–H and O–H groups in total. The van der Waals surface area contributed by atoms with Gasteiger partial charge in [0.05, 0.1) is 18.7 Å². The van der Waals surface area contributed by atoms with E-state index in [1.54, 1.807) is 11.3 Å². The van der Waals surface area contributed by atoms with Crippen LogP contribution < -0.4 is 5.32 Å². The van der Waals surface area contributed by atoms with E-state index in [1.807, 2.05) is 72.1 Å². The molecule has 144 valence electrons. The van der Waals surface area contributed by atoms with Gasteiger partial charge >= 0.3 is 0 Å². The molecule has 0 spiro atoms. The van der Waals surface area contributed by atoms with E-state index in [4.69, 9.17) is 0 Å². The summed E-state index contributed by atoms with van der Waals surface area (Å²) in [5.74, 6) is 0.462. The lowest BCUT2D eigenvalue weighted by Gasteiger charge is -2.17. The number of amides is 1. The summed E-state index contributed by atoms with van der Waals surface area (Å²) in [7, 11) is 1.92. The third-order valence-corrected chi connectivity index (χ3v) is 5.66. The molecule has 3 aromatic rings. The summed E-state index contributed by atoms with van der Waals surface area (Å²) in [6.07, 6.45) is 0. The molecule has 0 radical (unpaired) electrons. The van der Waals surface area contributed by atoms with Gasteiger partial charge in [0.2, 0.25) is 5.91 Å². The van der Waals surface area contributed by atoms with Crippen LogP contribution in [0.25, 0.3) is 0 Å². The lowest BCUT2D eigenvalue weighted by molar-refractivity contribution is -0.117. The molecule has 0 fully saturated rings. The Morgan fingerprint density at radius 2 is 1.96 bits per heavy atom. The van der Waals surface area contributed by atoms with Gasteiger partial charge < -0.3 is 9.88 Å². The highest BCUT2D eigenvalue weighted by molar-refractivity contribution is 7.09. The molecule has 0 aliphatic heterocycles. The normalized spacial score (nSPS) is 10.8. The van der Waals surface area contributed by atoms with E-state index in [2.05, 4.69) is 17.5 Å². The van der Waals surface area contributed by atoms with Crippen LogP contribution in [0.5, 0.6) is 0 Å². The number of carbonyl (C=O) groups is 1. The second-order valence-electron chi connectivity index (χ2n) is 6.92. The number of thiophene rings is 1. The minimum Gasteiger partial charge on any atom is -0.325 e. The molecule has 0 unspecified atom stereocenters. The van der Waals surface area contributed by atoms with Gasteiger partial charge in [-0.25, -0.2) is 0 Å². The molecule has 5 nitrogen and oxygen atoms in total. The first-order valence-electron chi connectivity index (χ1n) is 9.14. The molecular formula is C22H24N4OS. The highest BCUT2D eigenvalue weighted by Crippen LogP contribution is 2.28. The van der Waals surface area contributed by atoms with Crippen molar-refractivity contribution in [2.45, 2.75) is 26.9 Å². The zero-order valence-corrected chi connectivity index (χ0v) is 17.2. The fraction of sp³-hybridized carbons (Fsp3) is 0.273. The van der Waals surface area contributed by atoms with E-state index in [0.717, 1.165) is 16.8 Å². The van der Waals surface area contributed by atoms with Crippen LogP contribution in [0.2, 0.25) is 0 Å². The van der Waals surface area contributed by atoms with E-state index in [1.165, 1.54) is 4.88 Å². The maximum Gasteiger partial charge on any atom is 0.239 e. The van der Waals surface area contributed by atoms with Crippen molar-refractivity contribution in [2.24, 2.45) is 0 Å². The fourth-order valence-electron chi connectivity index (χ4n) is 3.25. The van der Waals surface area contributed by atoms with Gasteiger partial charge in [0, 0.05) is 17.1 Å². The molecule has 1 amide bonds. The van der Waals surface area contributed by atoms with E-state index < -0.39 is 0 Å². The van der Waals surface area contributed by atoms with Crippen molar-refractivity contribution in [3.05, 3.63) is 75.1 Å². The zero-order chi connectivity index (χ0) is 20.1. The Balaban J connectivity index is 1.76. The molecule has 0 aliphatic carbocycles. The van der Waals surface area contributed by atoms with Crippen LogP contribution in [0.15, 0.2) is 47.8 Å². The lowest BCUT2D eigenvalue weighted by atomic mass is 10.2. The number of hydrogen-bond acceptors (Lipinski definition) is 4. The standard InChI is InChI=1S/C22H24N4OS/c1-16-17(2)26(14-19-10-7-11-28-19)22(20(16)12-23)24-21(27)15-25(3)13-18-8-5-4-6-9-18/h4-11H,13-15H2,1-3H3,(H,24,27). The number of aromatic nitrogens is 1. The first-order valence-corrected chi connectivity index (χ1v) is 10.0. The number of likely N-dealkylation sites (N-methyl/N-ethyl adjacent to an activating group) is 1. The summed E-state index contributed by atoms with van der Waals surface area (Å²) in [5.41, 5.74) is 3.60. The van der Waals surface area contributed by atoms with Crippen LogP contribution >= 0.6 is 11.3 Å². The van der Waals surface area contributed by atoms with Crippen molar-refractivity contribution in [3.8, 4) is 6.07 Å². The number of benzene rings is 1. The molecule has 2 aromatic heterocycles. The Kier molecular flexibility index (Phi) is 6.30. The van der Waals surface area contributed by atoms with Crippen molar-refractivity contribution < 1.29 is 4.79 Å². The van der Waals surface area contributed by atoms with Gasteiger partial charge in [0.25, 0.3) is 0 Å². The van der Waals surface area contributed by atoms with Crippen LogP contribution in [-0.2, 0) is 17.9 Å². The van der Waals surface area contributed by atoms with Gasteiger partial charge in [-0.05, 0) is 43.5 Å². The molecule has 1 aromatic carbocycles. The molecule has 0 saturated heterocycles. The second-order valence-corrected chi connectivity index (χ2v) is 7.95. The van der Waals surface area contributed by atoms with Crippen LogP contribution in [0, 0.1) is 25.2 Å². The minimum absolute atomic E-state index is 0.125. The topological polar surface area (TPSA) is 61.1 Å². The number of anilines is 1. The highest BCUT2D eigenvalue weighted by Gasteiger charge is 2.20. The Morgan fingerprint density at radius 3 is 2.61 bits per heavy atom. The quantitative estimate of drug-likeness (QED) is 0.657. The number of nitrogens with zero attached hydrogens (tertiary/aromatic N) is 3. The monoisotopic (exact) mass is 392 g/mol. The number of hydrogen-bond donors (Lipinski definition) is 1. The van der Waals surface area contributed by atoms with Gasteiger partial charge in [-0.3, -0.25) is 9.69 Å². The predicted octanol–water partition coefficient (Wildman–Crippen LogP) is 4.16. The Bertz CT molecular complexity index is 984. The summed E-state index contributed by atoms with van der Waals surface area (Å²) in [6.45, 7) is 5.49. The van der Waals surface area contributed by atoms with E-state index in [0.29, 0.717) is 24.5 Å². The SMILES string of the molecule is Cc1c(C#N)c(NC(=O)CN(C)Cc2ccccc2)n(Cc2cccs2)c1C. The molecule has 3 rings (SSSR count). The number of nitriles is 1. The molecular weight excluding hydrogens is 368 g/mol. The third-order valence-electron chi connectivity index (χ3n) is 4.80. The lowest BCUT2D eigenvalue weighted by Crippen LogP contribution is -2.30. The number of nitrogens with one attached hydrogen (secondary N) is 1. The summed E-state index contributed by atoms with van der Waals surface area (Å²) < 4.78 is 2.02. The smallest absolute Gasteiger partial charge is 0.239 e. The van der Waals surface area contributed by atoms with E-state index in [9.17, 15) is 10.1 Å². The third kappa shape index (κ3) is 4.50. The summed E-state index contributed by atoms with van der Waals surface area (Å²) in [5, 5.41) is 14.6. The van der Waals surface area contributed by atoms with Gasteiger partial charge in [-0.15, -0.1) is 11.3 Å². The largest absolute Gasteiger partial charge is 0.325 e. The van der Waals surface area contributed by atoms with Crippen molar-refractivity contribution in [1.82, 2.24) is 9.47 Å². The van der Waals surface area contributed by atoms with Crippen LogP contribution in [0.3, 0.4) is 0 Å². The van der Waals surface area contributed by atoms with Crippen molar-refractivity contribution >= 4 is 23.1 Å². The minimum atomic E-state index is -0.125. The average Bonchev–Trinajstić information content (AvgIpc) is 3.25. The van der Waals surface area contributed by atoms with Gasteiger partial charge in [-0.1, -0.05) is 36.4 Å². The number of rotatable bonds is 7. The average molecular weight is 393 g/mol. The molecule has 0 bridgehead atoms. The van der Waals surface area contributed by atoms with Crippen molar-refractivity contribution in [1.29, 1.82) is 5.26 Å². The molecule has 6 heteroatoms. The first-order chi connectivity index (χ1) is 13.5. The predicted molar refractivity (Wildman–Crippen MR) is 113 cm³/mol. The Morgan fingerprint density at radius 1 is 1.21 bits per heavy atom. The van der Waals surface area contributed by atoms with Crippen LogP contribution in [-0.4, -0.2) is 29.0 Å². The summed E-state index contributed by atoms with van der Waals surface area (Å²) >= 11 is 1.66. The van der Waals surface area contributed by atoms with Crippen molar-refractivity contribution in [2.75, 3.05) is 18.9 Å². The second kappa shape index (κ2) is 8.87. The zero-order valence-electron chi connectivity index (χ0n) is 16.4. The fourth-order valence-corrected chi connectivity index (χ4v) is 3.95. The molecule has 0 aliphatic rings. The van der Waals surface area contributed by atoms with Crippen LogP contribution in [0.1, 0.15) is 27.3 Å². The molecule has 2 heterocycles. The van der Waals surface area contributed by atoms with E-state index >= 15 is 0 Å². The first kappa shape index (κ1) is 19.9. The van der Waals surface area contributed by atoms with Crippen LogP contribution in [0.4, 0.5) is 5.82 Å². The van der Waals surface area contributed by atoms with Gasteiger partial charge in [0.1, 0.15) is 11.9 Å². The molecule has 0 atom stereocenters. The van der Waals surface area contributed by atoms with E-state index in [-0.39, 0.29) is 12.5 Å².